The van der Waals surface area contributed by atoms with E-state index in [1.54, 1.807) is 0 Å². The van der Waals surface area contributed by atoms with Crippen molar-refractivity contribution in [1.82, 2.24) is 10.6 Å². The van der Waals surface area contributed by atoms with Gasteiger partial charge in [0.1, 0.15) is 13.2 Å². The summed E-state index contributed by atoms with van der Waals surface area (Å²) in [5, 5.41) is 14.9. The van der Waals surface area contributed by atoms with Crippen LogP contribution in [0, 0.1) is 0 Å². The minimum Gasteiger partial charge on any atom is -0.460 e. The van der Waals surface area contributed by atoms with E-state index < -0.39 is 18.0 Å². The van der Waals surface area contributed by atoms with Gasteiger partial charge in [0.25, 0.3) is 0 Å². The van der Waals surface area contributed by atoms with Gasteiger partial charge in [-0.15, -0.1) is 0 Å². The van der Waals surface area contributed by atoms with Crippen molar-refractivity contribution in [2.45, 2.75) is 51.2 Å². The molecule has 1 rings (SSSR count). The lowest BCUT2D eigenvalue weighted by Crippen LogP contribution is -2.37. The minimum atomic E-state index is -1.04. The Morgan fingerprint density at radius 1 is 1.00 bits per heavy atom. The Morgan fingerprint density at radius 3 is 2.42 bits per heavy atom. The normalized spacial score (nSPS) is 11.3. The van der Waals surface area contributed by atoms with Crippen LogP contribution in [0.15, 0.2) is 35.3 Å². The molecule has 0 heterocycles. The zero-order valence-corrected chi connectivity index (χ0v) is 17.7. The highest BCUT2D eigenvalue weighted by molar-refractivity contribution is 5.82. The molecular weight excluding hydrogens is 402 g/mol. The van der Waals surface area contributed by atoms with Crippen LogP contribution in [0.5, 0.6) is 0 Å². The summed E-state index contributed by atoms with van der Waals surface area (Å²) in [5.41, 5.74) is 11.3. The Kier molecular flexibility index (Phi) is 13.1. The van der Waals surface area contributed by atoms with Crippen LogP contribution >= 0.6 is 0 Å². The van der Waals surface area contributed by atoms with Gasteiger partial charge in [-0.3, -0.25) is 19.4 Å². The SMILES string of the molecule is NC(N)=NCCCCCCC(=O)NC[C@@H](O)CC(=O)NCC(=O)OCc1ccccc1. The number of hydrogen-bond donors (Lipinski definition) is 5. The molecule has 0 aliphatic heterocycles. The number of ether oxygens (including phenoxy) is 1. The van der Waals surface area contributed by atoms with Gasteiger partial charge in [-0.1, -0.05) is 43.2 Å². The molecule has 0 aliphatic carbocycles. The molecule has 0 saturated heterocycles. The van der Waals surface area contributed by atoms with Crippen LogP contribution in [0.25, 0.3) is 0 Å². The van der Waals surface area contributed by atoms with Gasteiger partial charge in [0.05, 0.1) is 12.5 Å². The summed E-state index contributed by atoms with van der Waals surface area (Å²) in [6, 6.07) is 9.18. The number of carbonyl (C=O) groups excluding carboxylic acids is 3. The van der Waals surface area contributed by atoms with E-state index in [-0.39, 0.29) is 38.0 Å². The van der Waals surface area contributed by atoms with Crippen LogP contribution < -0.4 is 22.1 Å². The number of unbranched alkanes of at least 4 members (excludes halogenated alkanes) is 3. The summed E-state index contributed by atoms with van der Waals surface area (Å²) < 4.78 is 5.05. The van der Waals surface area contributed by atoms with E-state index in [4.69, 9.17) is 16.2 Å². The first-order chi connectivity index (χ1) is 14.9. The summed E-state index contributed by atoms with van der Waals surface area (Å²) in [6.45, 7) is 0.386. The Balaban J connectivity index is 2.05. The third-order valence-corrected chi connectivity index (χ3v) is 4.23. The second-order valence-electron chi connectivity index (χ2n) is 7.06. The summed E-state index contributed by atoms with van der Waals surface area (Å²) in [6.07, 6.45) is 2.44. The van der Waals surface area contributed by atoms with E-state index in [0.29, 0.717) is 13.0 Å². The summed E-state index contributed by atoms with van der Waals surface area (Å²) >= 11 is 0. The fourth-order valence-electron chi connectivity index (χ4n) is 2.60. The molecule has 1 atom stereocenters. The van der Waals surface area contributed by atoms with Crippen molar-refractivity contribution in [3.05, 3.63) is 35.9 Å². The standard InChI is InChI=1S/C21H33N5O5/c22-21(23)24-11-7-2-1-6-10-18(28)25-13-17(27)12-19(29)26-14-20(30)31-15-16-8-4-3-5-9-16/h3-5,8-9,17,27H,1-2,6-7,10-15H2,(H,25,28)(H,26,29)(H4,22,23,24)/t17-/m0/s1. The molecule has 10 heteroatoms. The Labute approximate surface area is 182 Å². The van der Waals surface area contributed by atoms with E-state index in [9.17, 15) is 19.5 Å². The number of aliphatic imine (C=N–C) groups is 1. The fraction of sp³-hybridized carbons (Fsp3) is 0.524. The van der Waals surface area contributed by atoms with Gasteiger partial charge >= 0.3 is 5.97 Å². The number of esters is 1. The van der Waals surface area contributed by atoms with Gasteiger partial charge in [-0.2, -0.15) is 0 Å². The highest BCUT2D eigenvalue weighted by Gasteiger charge is 2.13. The second kappa shape index (κ2) is 15.7. The van der Waals surface area contributed by atoms with E-state index >= 15 is 0 Å². The number of aliphatic hydroxyl groups excluding tert-OH is 1. The number of guanidine groups is 1. The Bertz CT molecular complexity index is 707. The molecule has 7 N–H and O–H groups in total. The van der Waals surface area contributed by atoms with Gasteiger partial charge < -0.3 is 31.9 Å². The molecular formula is C21H33N5O5. The van der Waals surface area contributed by atoms with E-state index in [1.807, 2.05) is 30.3 Å². The highest BCUT2D eigenvalue weighted by Crippen LogP contribution is 2.03. The molecule has 1 aromatic carbocycles. The van der Waals surface area contributed by atoms with Gasteiger partial charge in [0.2, 0.25) is 11.8 Å². The lowest BCUT2D eigenvalue weighted by molar-refractivity contribution is -0.145. The molecule has 0 fully saturated rings. The van der Waals surface area contributed by atoms with Gasteiger partial charge in [0.15, 0.2) is 5.96 Å². The zero-order chi connectivity index (χ0) is 22.9. The van der Waals surface area contributed by atoms with Crippen molar-refractivity contribution >= 4 is 23.7 Å². The van der Waals surface area contributed by atoms with Crippen LogP contribution in [-0.2, 0) is 25.7 Å². The van der Waals surface area contributed by atoms with Gasteiger partial charge in [-0.05, 0) is 18.4 Å². The van der Waals surface area contributed by atoms with Crippen LogP contribution in [0.3, 0.4) is 0 Å². The molecule has 0 radical (unpaired) electrons. The molecule has 0 spiro atoms. The van der Waals surface area contributed by atoms with E-state index in [0.717, 1.165) is 31.2 Å². The molecule has 0 bridgehead atoms. The van der Waals surface area contributed by atoms with Gasteiger partial charge in [-0.25, -0.2) is 0 Å². The second-order valence-corrected chi connectivity index (χ2v) is 7.06. The van der Waals surface area contributed by atoms with E-state index in [1.165, 1.54) is 0 Å². The largest absolute Gasteiger partial charge is 0.460 e. The smallest absolute Gasteiger partial charge is 0.325 e. The summed E-state index contributed by atoms with van der Waals surface area (Å²) in [5.74, 6) is -1.18. The number of hydrogen-bond acceptors (Lipinski definition) is 6. The molecule has 0 aromatic heterocycles. The average Bonchev–Trinajstić information content (AvgIpc) is 2.74. The number of nitrogens with zero attached hydrogens (tertiary/aromatic N) is 1. The number of aliphatic hydroxyl groups is 1. The molecule has 0 saturated carbocycles. The number of nitrogens with one attached hydrogen (secondary N) is 2. The van der Waals surface area contributed by atoms with Crippen molar-refractivity contribution in [2.75, 3.05) is 19.6 Å². The Morgan fingerprint density at radius 2 is 1.71 bits per heavy atom. The number of carbonyl (C=O) groups is 3. The van der Waals surface area contributed by atoms with Crippen LogP contribution in [0.2, 0.25) is 0 Å². The lowest BCUT2D eigenvalue weighted by Gasteiger charge is -2.12. The van der Waals surface area contributed by atoms with Crippen LogP contribution in [0.1, 0.15) is 44.1 Å². The van der Waals surface area contributed by atoms with Crippen LogP contribution in [0.4, 0.5) is 0 Å². The molecule has 0 unspecified atom stereocenters. The van der Waals surface area contributed by atoms with Crippen LogP contribution in [-0.4, -0.2) is 54.6 Å². The zero-order valence-electron chi connectivity index (χ0n) is 17.7. The first-order valence-electron chi connectivity index (χ1n) is 10.3. The summed E-state index contributed by atoms with van der Waals surface area (Å²) in [7, 11) is 0. The minimum absolute atomic E-state index is 0.0325. The van der Waals surface area contributed by atoms with Crippen molar-refractivity contribution < 1.29 is 24.2 Å². The molecule has 1 aromatic rings. The number of benzene rings is 1. The maximum absolute atomic E-state index is 11.8. The van der Waals surface area contributed by atoms with E-state index in [2.05, 4.69) is 15.6 Å². The number of nitrogens with two attached hydrogens (primary N) is 2. The summed E-state index contributed by atoms with van der Waals surface area (Å²) in [4.78, 5) is 39.1. The predicted octanol–water partition coefficient (Wildman–Crippen LogP) is -0.0629. The molecule has 31 heavy (non-hydrogen) atoms. The van der Waals surface area contributed by atoms with Crippen molar-refractivity contribution in [1.29, 1.82) is 0 Å². The third kappa shape index (κ3) is 14.5. The fourth-order valence-corrected chi connectivity index (χ4v) is 2.60. The maximum atomic E-state index is 11.8. The van der Waals surface area contributed by atoms with Crippen molar-refractivity contribution in [2.24, 2.45) is 16.5 Å². The lowest BCUT2D eigenvalue weighted by atomic mass is 10.1. The average molecular weight is 436 g/mol. The Hall–Kier alpha value is -3.14. The quantitative estimate of drug-likeness (QED) is 0.111. The molecule has 0 aliphatic rings. The van der Waals surface area contributed by atoms with Crippen molar-refractivity contribution in [3.8, 4) is 0 Å². The third-order valence-electron chi connectivity index (χ3n) is 4.23. The first kappa shape index (κ1) is 25.9. The highest BCUT2D eigenvalue weighted by atomic mass is 16.5. The van der Waals surface area contributed by atoms with Gasteiger partial charge in [0, 0.05) is 19.5 Å². The molecule has 2 amide bonds. The first-order valence-corrected chi connectivity index (χ1v) is 10.3. The number of amides is 2. The maximum Gasteiger partial charge on any atom is 0.325 e. The number of rotatable bonds is 15. The van der Waals surface area contributed by atoms with Crippen molar-refractivity contribution in [3.63, 3.8) is 0 Å². The predicted molar refractivity (Wildman–Crippen MR) is 117 cm³/mol. The molecule has 172 valence electrons. The monoisotopic (exact) mass is 435 g/mol. The topological polar surface area (TPSA) is 169 Å². The molecule has 10 nitrogen and oxygen atoms in total.